The van der Waals surface area contributed by atoms with Gasteiger partial charge in [0.1, 0.15) is 6.61 Å². The molecule has 0 aromatic rings. The Kier molecular flexibility index (Phi) is 39.0. The minimum atomic E-state index is -4.37. The lowest BCUT2D eigenvalue weighted by Crippen LogP contribution is -2.29. The molecule has 0 spiro atoms. The number of allylic oxidation sites excluding steroid dienone is 4. The van der Waals surface area contributed by atoms with Gasteiger partial charge in [0.15, 0.2) is 6.10 Å². The smallest absolute Gasteiger partial charge is 0.462 e. The molecule has 0 aromatic heterocycles. The van der Waals surface area contributed by atoms with Crippen LogP contribution in [0.3, 0.4) is 0 Å². The molecule has 0 radical (unpaired) electrons. The number of unbranched alkanes of at least 4 members (excludes halogenated alkanes) is 24. The zero-order chi connectivity index (χ0) is 38.9. The molecule has 0 bridgehead atoms. The molecular weight excluding hydrogens is 689 g/mol. The highest BCUT2D eigenvalue weighted by Crippen LogP contribution is 2.43. The van der Waals surface area contributed by atoms with Crippen LogP contribution in [-0.2, 0) is 32.7 Å². The first-order valence-electron chi connectivity index (χ1n) is 21.8. The highest BCUT2D eigenvalue weighted by molar-refractivity contribution is 7.47. The van der Waals surface area contributed by atoms with E-state index in [1.807, 2.05) is 0 Å². The van der Waals surface area contributed by atoms with Crippen LogP contribution in [0, 0.1) is 0 Å². The van der Waals surface area contributed by atoms with Crippen molar-refractivity contribution in [1.82, 2.24) is 0 Å². The number of ether oxygens (including phenoxy) is 2. The maximum atomic E-state index is 12.6. The molecule has 0 aliphatic heterocycles. The van der Waals surface area contributed by atoms with E-state index < -0.39 is 26.5 Å². The number of carbonyl (C=O) groups is 2. The Morgan fingerprint density at radius 2 is 0.981 bits per heavy atom. The van der Waals surface area contributed by atoms with Crippen molar-refractivity contribution < 1.29 is 37.6 Å². The van der Waals surface area contributed by atoms with Crippen molar-refractivity contribution in [2.75, 3.05) is 26.4 Å². The molecule has 9 nitrogen and oxygen atoms in total. The molecule has 10 heteroatoms. The van der Waals surface area contributed by atoms with E-state index in [-0.39, 0.29) is 38.6 Å². The predicted octanol–water partition coefficient (Wildman–Crippen LogP) is 12.4. The first-order chi connectivity index (χ1) is 25.8. The molecule has 3 N–H and O–H groups in total. The lowest BCUT2D eigenvalue weighted by molar-refractivity contribution is -0.161. The van der Waals surface area contributed by atoms with Crippen molar-refractivity contribution in [3.05, 3.63) is 24.3 Å². The molecule has 312 valence electrons. The normalized spacial score (nSPS) is 13.5. The van der Waals surface area contributed by atoms with Gasteiger partial charge >= 0.3 is 19.8 Å². The van der Waals surface area contributed by atoms with Crippen LogP contribution >= 0.6 is 7.82 Å². The van der Waals surface area contributed by atoms with E-state index in [4.69, 9.17) is 24.3 Å². The summed E-state index contributed by atoms with van der Waals surface area (Å²) in [5.41, 5.74) is 5.35. The summed E-state index contributed by atoms with van der Waals surface area (Å²) < 4.78 is 32.8. The molecule has 0 aromatic carbocycles. The third kappa shape index (κ3) is 40.0. The fourth-order valence-electron chi connectivity index (χ4n) is 6.08. The van der Waals surface area contributed by atoms with Crippen LogP contribution < -0.4 is 5.73 Å². The number of phosphoric ester groups is 1. The monoisotopic (exact) mass is 772 g/mol. The van der Waals surface area contributed by atoms with Crippen molar-refractivity contribution in [2.24, 2.45) is 5.73 Å². The summed E-state index contributed by atoms with van der Waals surface area (Å²) >= 11 is 0. The molecule has 0 heterocycles. The van der Waals surface area contributed by atoms with Crippen LogP contribution in [0.25, 0.3) is 0 Å². The lowest BCUT2D eigenvalue weighted by atomic mass is 10.0. The molecule has 2 atom stereocenters. The van der Waals surface area contributed by atoms with E-state index in [1.165, 1.54) is 122 Å². The van der Waals surface area contributed by atoms with E-state index in [9.17, 15) is 19.0 Å². The zero-order valence-corrected chi connectivity index (χ0v) is 35.2. The summed E-state index contributed by atoms with van der Waals surface area (Å²) in [6, 6.07) is 0. The summed E-state index contributed by atoms with van der Waals surface area (Å²) in [7, 11) is -4.37. The lowest BCUT2D eigenvalue weighted by Gasteiger charge is -2.19. The van der Waals surface area contributed by atoms with Gasteiger partial charge in [-0.3, -0.25) is 18.6 Å². The molecule has 53 heavy (non-hydrogen) atoms. The number of hydrogen-bond donors (Lipinski definition) is 2. The zero-order valence-electron chi connectivity index (χ0n) is 34.3. The Balaban J connectivity index is 4.14. The number of esters is 2. The average molecular weight is 772 g/mol. The van der Waals surface area contributed by atoms with Crippen molar-refractivity contribution in [3.63, 3.8) is 0 Å². The van der Waals surface area contributed by atoms with Crippen LogP contribution in [0.15, 0.2) is 24.3 Å². The van der Waals surface area contributed by atoms with Crippen LogP contribution in [0.5, 0.6) is 0 Å². The second-order valence-corrected chi connectivity index (χ2v) is 16.0. The third-order valence-corrected chi connectivity index (χ3v) is 10.3. The van der Waals surface area contributed by atoms with Crippen molar-refractivity contribution in [1.29, 1.82) is 0 Å². The summed E-state index contributed by atoms with van der Waals surface area (Å²) in [4.78, 5) is 34.9. The first-order valence-corrected chi connectivity index (χ1v) is 23.3. The molecule has 0 amide bonds. The standard InChI is InChI=1S/C43H82NO8P/c1-3-5-7-9-11-13-15-17-19-20-22-24-26-28-30-32-34-36-43(46)52-41(40-51-53(47,48)50-38-37-44)39-49-42(45)35-33-31-29-27-25-23-21-18-16-14-12-10-8-6-4-2/h11,13,17,19,41H,3-10,12,14-16,18,20-40,44H2,1-2H3,(H,47,48)/b13-11-,19-17-. The van der Waals surface area contributed by atoms with Crippen molar-refractivity contribution in [2.45, 2.75) is 213 Å². The quantitative estimate of drug-likeness (QED) is 0.0269. The highest BCUT2D eigenvalue weighted by Gasteiger charge is 2.26. The molecule has 0 aliphatic carbocycles. The van der Waals surface area contributed by atoms with Gasteiger partial charge in [0.05, 0.1) is 13.2 Å². The third-order valence-electron chi connectivity index (χ3n) is 9.34. The molecule has 0 fully saturated rings. The van der Waals surface area contributed by atoms with Gasteiger partial charge in [-0.2, -0.15) is 0 Å². The van der Waals surface area contributed by atoms with Gasteiger partial charge in [0.2, 0.25) is 0 Å². The second kappa shape index (κ2) is 40.2. The Morgan fingerprint density at radius 3 is 1.47 bits per heavy atom. The molecule has 2 unspecified atom stereocenters. The van der Waals surface area contributed by atoms with E-state index in [1.54, 1.807) is 0 Å². The molecular formula is C43H82NO8P. The number of carbonyl (C=O) groups excluding carboxylic acids is 2. The SMILES string of the molecule is CCCCC/C=C\C/C=C\CCCCCCCCCC(=O)OC(COC(=O)CCCCCCCCCCCCCCCCC)COP(=O)(O)OCCN. The maximum absolute atomic E-state index is 12.6. The Hall–Kier alpha value is -1.51. The Morgan fingerprint density at radius 1 is 0.566 bits per heavy atom. The van der Waals surface area contributed by atoms with Crippen LogP contribution in [0.4, 0.5) is 0 Å². The van der Waals surface area contributed by atoms with Gasteiger partial charge in [0, 0.05) is 19.4 Å². The van der Waals surface area contributed by atoms with Gasteiger partial charge in [-0.25, -0.2) is 4.57 Å². The van der Waals surface area contributed by atoms with Gasteiger partial charge in [0.25, 0.3) is 0 Å². The Labute approximate surface area is 325 Å². The summed E-state index contributed by atoms with van der Waals surface area (Å²) in [5, 5.41) is 0. The number of hydrogen-bond acceptors (Lipinski definition) is 8. The maximum Gasteiger partial charge on any atom is 0.472 e. The second-order valence-electron chi connectivity index (χ2n) is 14.6. The van der Waals surface area contributed by atoms with E-state index >= 15 is 0 Å². The van der Waals surface area contributed by atoms with E-state index in [0.29, 0.717) is 6.42 Å². The van der Waals surface area contributed by atoms with Gasteiger partial charge in [-0.15, -0.1) is 0 Å². The highest BCUT2D eigenvalue weighted by atomic mass is 31.2. The average Bonchev–Trinajstić information content (AvgIpc) is 3.14. The van der Waals surface area contributed by atoms with Crippen LogP contribution in [0.2, 0.25) is 0 Å². The molecule has 0 saturated heterocycles. The Bertz CT molecular complexity index is 928. The van der Waals surface area contributed by atoms with Gasteiger partial charge in [-0.05, 0) is 44.9 Å². The fraction of sp³-hybridized carbons (Fsp3) is 0.860. The van der Waals surface area contributed by atoms with E-state index in [0.717, 1.165) is 51.4 Å². The minimum absolute atomic E-state index is 0.0535. The van der Waals surface area contributed by atoms with Gasteiger partial charge in [-0.1, -0.05) is 173 Å². The van der Waals surface area contributed by atoms with E-state index in [2.05, 4.69) is 38.2 Å². The summed E-state index contributed by atoms with van der Waals surface area (Å²) in [6.07, 6.45) is 42.0. The van der Waals surface area contributed by atoms with Crippen LogP contribution in [0.1, 0.15) is 206 Å². The molecule has 0 aliphatic rings. The van der Waals surface area contributed by atoms with Gasteiger partial charge < -0.3 is 20.1 Å². The predicted molar refractivity (Wildman–Crippen MR) is 220 cm³/mol. The fourth-order valence-corrected chi connectivity index (χ4v) is 6.84. The van der Waals surface area contributed by atoms with Crippen LogP contribution in [-0.4, -0.2) is 49.3 Å². The topological polar surface area (TPSA) is 134 Å². The number of nitrogens with two attached hydrogens (primary N) is 1. The molecule has 0 rings (SSSR count). The van der Waals surface area contributed by atoms with Crippen molar-refractivity contribution >= 4 is 19.8 Å². The largest absolute Gasteiger partial charge is 0.472 e. The number of phosphoric acid groups is 1. The van der Waals surface area contributed by atoms with Crippen molar-refractivity contribution in [3.8, 4) is 0 Å². The molecule has 0 saturated carbocycles. The number of rotatable bonds is 41. The summed E-state index contributed by atoms with van der Waals surface area (Å²) in [5.74, 6) is -0.830. The summed E-state index contributed by atoms with van der Waals surface area (Å²) in [6.45, 7) is 3.72. The minimum Gasteiger partial charge on any atom is -0.462 e. The first kappa shape index (κ1) is 51.5.